The van der Waals surface area contributed by atoms with Crippen molar-refractivity contribution in [3.05, 3.63) is 89.6 Å². The molecule has 1 amide bonds. The molecule has 37 heavy (non-hydrogen) atoms. The molecule has 0 atom stereocenters. The lowest BCUT2D eigenvalue weighted by molar-refractivity contribution is 0.0912. The number of carbonyl (C=O) groups excluding carboxylic acids is 1. The Kier molecular flexibility index (Phi) is 8.41. The first-order chi connectivity index (χ1) is 17.5. The summed E-state index contributed by atoms with van der Waals surface area (Å²) in [5.74, 6) is 0.967. The van der Waals surface area contributed by atoms with Gasteiger partial charge in [0.25, 0.3) is 5.91 Å². The number of halogens is 1. The summed E-state index contributed by atoms with van der Waals surface area (Å²) in [6, 6.07) is 23.7. The summed E-state index contributed by atoms with van der Waals surface area (Å²) in [4.78, 5) is 16.0. The summed E-state index contributed by atoms with van der Waals surface area (Å²) in [6.07, 6.45) is 2.86. The lowest BCUT2D eigenvalue weighted by Gasteiger charge is -2.32. The van der Waals surface area contributed by atoms with Crippen molar-refractivity contribution in [3.63, 3.8) is 0 Å². The minimum absolute atomic E-state index is 0. The maximum atomic E-state index is 13.5. The van der Waals surface area contributed by atoms with Crippen molar-refractivity contribution >= 4 is 29.2 Å². The van der Waals surface area contributed by atoms with Gasteiger partial charge in [-0.25, -0.2) is 0 Å². The van der Waals surface area contributed by atoms with Gasteiger partial charge in [-0.3, -0.25) is 4.79 Å². The maximum absolute atomic E-state index is 13.5. The Bertz CT molecular complexity index is 1340. The number of hydrogen-bond acceptors (Lipinski definition) is 4. The van der Waals surface area contributed by atoms with E-state index >= 15 is 0 Å². The number of aromatic hydroxyl groups is 1. The second kappa shape index (κ2) is 11.7. The van der Waals surface area contributed by atoms with Gasteiger partial charge in [-0.2, -0.15) is 0 Å². The van der Waals surface area contributed by atoms with Crippen molar-refractivity contribution in [1.29, 1.82) is 0 Å². The highest BCUT2D eigenvalue weighted by atomic mass is 35.5. The number of ether oxygens (including phenoxy) is 1. The van der Waals surface area contributed by atoms with Crippen LogP contribution in [0.25, 0.3) is 16.6 Å². The molecular formula is C30H34ClN3O3. The van der Waals surface area contributed by atoms with Gasteiger partial charge >= 0.3 is 0 Å². The van der Waals surface area contributed by atoms with Crippen LogP contribution in [0.4, 0.5) is 0 Å². The van der Waals surface area contributed by atoms with Crippen LogP contribution in [0.5, 0.6) is 11.5 Å². The fourth-order valence-corrected chi connectivity index (χ4v) is 5.24. The van der Waals surface area contributed by atoms with Gasteiger partial charge in [0, 0.05) is 42.4 Å². The van der Waals surface area contributed by atoms with Crippen molar-refractivity contribution in [2.45, 2.75) is 32.2 Å². The molecule has 1 saturated heterocycles. The number of piperidine rings is 1. The molecule has 1 aliphatic heterocycles. The van der Waals surface area contributed by atoms with Crippen LogP contribution in [-0.2, 0) is 6.42 Å². The van der Waals surface area contributed by atoms with Crippen molar-refractivity contribution < 1.29 is 14.6 Å². The number of amides is 1. The predicted molar refractivity (Wildman–Crippen MR) is 151 cm³/mol. The Morgan fingerprint density at radius 2 is 1.73 bits per heavy atom. The number of carbonyl (C=O) groups is 1. The number of nitrogens with one attached hydrogen (secondary N) is 1. The van der Waals surface area contributed by atoms with Crippen LogP contribution in [0.15, 0.2) is 72.8 Å². The summed E-state index contributed by atoms with van der Waals surface area (Å²) in [5.41, 5.74) is 4.72. The largest absolute Gasteiger partial charge is 0.508 e. The van der Waals surface area contributed by atoms with E-state index in [0.717, 1.165) is 66.9 Å². The average Bonchev–Trinajstić information content (AvgIpc) is 3.19. The topological polar surface area (TPSA) is 66.7 Å². The van der Waals surface area contributed by atoms with Crippen LogP contribution in [0, 0.1) is 6.92 Å². The molecule has 0 aliphatic carbocycles. The van der Waals surface area contributed by atoms with Gasteiger partial charge in [-0.05, 0) is 74.2 Å². The van der Waals surface area contributed by atoms with E-state index < -0.39 is 0 Å². The molecule has 0 unspecified atom stereocenters. The third-order valence-electron chi connectivity index (χ3n) is 7.23. The van der Waals surface area contributed by atoms with Gasteiger partial charge in [0.05, 0.1) is 18.2 Å². The standard InChI is InChI=1S/C30H33N3O3.ClH/c1-21-29(27-20-25(34)10-13-28(27)33(21)24-6-4-3-5-7-24)30(35)31-23-15-18-32(19-16-23)17-14-22-8-11-26(36-2)12-9-22;/h3-13,20,23,34H,14-19H2,1-2H3,(H,31,35);1H. The van der Waals surface area contributed by atoms with Crippen molar-refractivity contribution in [1.82, 2.24) is 14.8 Å². The Balaban J connectivity index is 0.00000320. The Hall–Kier alpha value is -3.48. The van der Waals surface area contributed by atoms with E-state index in [1.165, 1.54) is 5.56 Å². The molecule has 0 saturated carbocycles. The van der Waals surface area contributed by atoms with E-state index in [0.29, 0.717) is 5.56 Å². The van der Waals surface area contributed by atoms with Crippen LogP contribution in [0.3, 0.4) is 0 Å². The summed E-state index contributed by atoms with van der Waals surface area (Å²) in [5, 5.41) is 14.2. The number of fused-ring (bicyclic) bond motifs is 1. The molecule has 0 bridgehead atoms. The number of likely N-dealkylation sites (tertiary alicyclic amines) is 1. The smallest absolute Gasteiger partial charge is 0.253 e. The molecule has 5 rings (SSSR count). The van der Waals surface area contributed by atoms with E-state index in [4.69, 9.17) is 4.74 Å². The Morgan fingerprint density at radius 1 is 1.03 bits per heavy atom. The third kappa shape index (κ3) is 5.76. The van der Waals surface area contributed by atoms with E-state index in [-0.39, 0.29) is 30.1 Å². The zero-order valence-corrected chi connectivity index (χ0v) is 22.1. The average molecular weight is 520 g/mol. The molecule has 0 spiro atoms. The van der Waals surface area contributed by atoms with Crippen LogP contribution in [0.2, 0.25) is 0 Å². The zero-order valence-electron chi connectivity index (χ0n) is 21.3. The number of methoxy groups -OCH3 is 1. The Morgan fingerprint density at radius 3 is 2.41 bits per heavy atom. The number of rotatable bonds is 7. The van der Waals surface area contributed by atoms with Crippen molar-refractivity contribution in [2.24, 2.45) is 0 Å². The van der Waals surface area contributed by atoms with E-state index in [1.807, 2.05) is 55.5 Å². The molecule has 1 fully saturated rings. The molecule has 2 N–H and O–H groups in total. The quantitative estimate of drug-likeness (QED) is 0.338. The van der Waals surface area contributed by atoms with Gasteiger partial charge in [-0.15, -0.1) is 12.4 Å². The Labute approximate surface area is 224 Å². The number of benzene rings is 3. The summed E-state index contributed by atoms with van der Waals surface area (Å²) in [7, 11) is 1.68. The fourth-order valence-electron chi connectivity index (χ4n) is 5.24. The van der Waals surface area contributed by atoms with Gasteiger partial charge in [0.15, 0.2) is 0 Å². The lowest BCUT2D eigenvalue weighted by Crippen LogP contribution is -2.45. The van der Waals surface area contributed by atoms with E-state index in [1.54, 1.807) is 19.2 Å². The molecule has 3 aromatic carbocycles. The van der Waals surface area contributed by atoms with Gasteiger partial charge in [0.2, 0.25) is 0 Å². The lowest BCUT2D eigenvalue weighted by atomic mass is 10.0. The highest BCUT2D eigenvalue weighted by Gasteiger charge is 2.25. The molecule has 7 heteroatoms. The van der Waals surface area contributed by atoms with Crippen LogP contribution in [0.1, 0.15) is 34.5 Å². The first-order valence-corrected chi connectivity index (χ1v) is 12.6. The van der Waals surface area contributed by atoms with E-state index in [9.17, 15) is 9.90 Å². The third-order valence-corrected chi connectivity index (χ3v) is 7.23. The molecule has 0 radical (unpaired) electrons. The second-order valence-electron chi connectivity index (χ2n) is 9.52. The van der Waals surface area contributed by atoms with Gasteiger partial charge in [0.1, 0.15) is 11.5 Å². The van der Waals surface area contributed by atoms with Gasteiger partial charge in [-0.1, -0.05) is 30.3 Å². The predicted octanol–water partition coefficient (Wildman–Crippen LogP) is 5.51. The fraction of sp³-hybridized carbons (Fsp3) is 0.300. The molecule has 1 aromatic heterocycles. The minimum Gasteiger partial charge on any atom is -0.508 e. The number of phenols is 1. The highest BCUT2D eigenvalue weighted by Crippen LogP contribution is 2.32. The zero-order chi connectivity index (χ0) is 25.1. The van der Waals surface area contributed by atoms with Crippen molar-refractivity contribution in [3.8, 4) is 17.2 Å². The number of aromatic nitrogens is 1. The SMILES string of the molecule is COc1ccc(CCN2CCC(NC(=O)c3c(C)n(-c4ccccc4)c4ccc(O)cc34)CC2)cc1.Cl. The minimum atomic E-state index is -0.0746. The maximum Gasteiger partial charge on any atom is 0.253 e. The first-order valence-electron chi connectivity index (χ1n) is 12.6. The van der Waals surface area contributed by atoms with Crippen LogP contribution in [-0.4, -0.2) is 53.3 Å². The second-order valence-corrected chi connectivity index (χ2v) is 9.52. The molecule has 2 heterocycles. The van der Waals surface area contributed by atoms with Crippen LogP contribution < -0.4 is 10.1 Å². The number of hydrogen-bond donors (Lipinski definition) is 2. The summed E-state index contributed by atoms with van der Waals surface area (Å²) in [6.45, 7) is 4.91. The molecule has 4 aromatic rings. The molecule has 1 aliphatic rings. The number of nitrogens with zero attached hydrogens (tertiary/aromatic N) is 2. The van der Waals surface area contributed by atoms with Crippen molar-refractivity contribution in [2.75, 3.05) is 26.7 Å². The monoisotopic (exact) mass is 519 g/mol. The first kappa shape index (κ1) is 26.6. The molecule has 194 valence electrons. The number of phenolic OH excluding ortho intramolecular Hbond substituents is 1. The van der Waals surface area contributed by atoms with Crippen LogP contribution >= 0.6 is 12.4 Å². The van der Waals surface area contributed by atoms with E-state index in [2.05, 4.69) is 26.9 Å². The molecular weight excluding hydrogens is 486 g/mol. The summed E-state index contributed by atoms with van der Waals surface area (Å²) >= 11 is 0. The highest BCUT2D eigenvalue weighted by molar-refractivity contribution is 6.09. The van der Waals surface area contributed by atoms with Gasteiger partial charge < -0.3 is 24.6 Å². The normalized spacial score (nSPS) is 14.3. The molecule has 6 nitrogen and oxygen atoms in total. The number of para-hydroxylation sites is 1. The summed E-state index contributed by atoms with van der Waals surface area (Å²) < 4.78 is 7.33.